The smallest absolute Gasteiger partial charge is 0.255 e. The van der Waals surface area contributed by atoms with Gasteiger partial charge < -0.3 is 14.0 Å². The summed E-state index contributed by atoms with van der Waals surface area (Å²) in [6.07, 6.45) is 1.53. The molecule has 2 aromatic heterocycles. The zero-order valence-corrected chi connectivity index (χ0v) is 13.5. The number of amides is 1. The van der Waals surface area contributed by atoms with E-state index >= 15 is 0 Å². The first kappa shape index (κ1) is 15.7. The van der Waals surface area contributed by atoms with Gasteiger partial charge in [0, 0.05) is 38.0 Å². The monoisotopic (exact) mass is 323 g/mol. The molecule has 3 aromatic rings. The van der Waals surface area contributed by atoms with E-state index in [1.54, 1.807) is 14.1 Å². The second-order valence-corrected chi connectivity index (χ2v) is 5.58. The highest BCUT2D eigenvalue weighted by Crippen LogP contribution is 2.20. The van der Waals surface area contributed by atoms with Crippen LogP contribution in [0.25, 0.3) is 11.3 Å². The molecule has 1 aromatic carbocycles. The molecule has 0 aliphatic rings. The zero-order valence-electron chi connectivity index (χ0n) is 13.5. The van der Waals surface area contributed by atoms with Crippen LogP contribution in [0.1, 0.15) is 16.1 Å². The lowest BCUT2D eigenvalue weighted by atomic mass is 10.1. The summed E-state index contributed by atoms with van der Waals surface area (Å²) in [5, 5.41) is 4.02. The standard InChI is InChI=1S/C18H17N3O3/c1-20-11-14(8-9-17(20)22)18(23)21(2)12-15-10-16(24-19-15)13-6-4-3-5-7-13/h3-11H,12H2,1-2H3. The molecule has 1 amide bonds. The van der Waals surface area contributed by atoms with Gasteiger partial charge in [0.05, 0.1) is 12.1 Å². The summed E-state index contributed by atoms with van der Waals surface area (Å²) in [5.41, 5.74) is 1.89. The largest absolute Gasteiger partial charge is 0.356 e. The molecule has 0 aliphatic heterocycles. The number of aromatic nitrogens is 2. The predicted molar refractivity (Wildman–Crippen MR) is 89.4 cm³/mol. The number of carbonyl (C=O) groups excluding carboxylic acids is 1. The van der Waals surface area contributed by atoms with E-state index in [0.29, 0.717) is 23.6 Å². The van der Waals surface area contributed by atoms with Crippen LogP contribution >= 0.6 is 0 Å². The number of carbonyl (C=O) groups is 1. The molecule has 0 atom stereocenters. The number of hydrogen-bond acceptors (Lipinski definition) is 4. The first-order chi connectivity index (χ1) is 11.5. The van der Waals surface area contributed by atoms with Crippen molar-refractivity contribution in [1.82, 2.24) is 14.6 Å². The maximum absolute atomic E-state index is 12.4. The normalized spacial score (nSPS) is 10.6. The molecular weight excluding hydrogens is 306 g/mol. The van der Waals surface area contributed by atoms with E-state index in [1.807, 2.05) is 36.4 Å². The van der Waals surface area contributed by atoms with Crippen LogP contribution in [0.15, 0.2) is 64.0 Å². The first-order valence-corrected chi connectivity index (χ1v) is 7.48. The molecule has 6 nitrogen and oxygen atoms in total. The summed E-state index contributed by atoms with van der Waals surface area (Å²) in [6.45, 7) is 0.317. The Bertz CT molecular complexity index is 913. The van der Waals surface area contributed by atoms with Crippen molar-refractivity contribution in [2.24, 2.45) is 7.05 Å². The highest BCUT2D eigenvalue weighted by molar-refractivity contribution is 5.93. The Kier molecular flexibility index (Phi) is 4.29. The van der Waals surface area contributed by atoms with Gasteiger partial charge in [0.15, 0.2) is 5.76 Å². The Labute approximate surface area is 138 Å². The van der Waals surface area contributed by atoms with Gasteiger partial charge in [-0.25, -0.2) is 0 Å². The number of benzene rings is 1. The van der Waals surface area contributed by atoms with E-state index in [0.717, 1.165) is 5.56 Å². The molecule has 0 spiro atoms. The van der Waals surface area contributed by atoms with Crippen LogP contribution in [0, 0.1) is 0 Å². The van der Waals surface area contributed by atoms with E-state index in [9.17, 15) is 9.59 Å². The van der Waals surface area contributed by atoms with Crippen molar-refractivity contribution in [2.45, 2.75) is 6.54 Å². The van der Waals surface area contributed by atoms with Gasteiger partial charge >= 0.3 is 0 Å². The molecule has 24 heavy (non-hydrogen) atoms. The molecule has 0 unspecified atom stereocenters. The third kappa shape index (κ3) is 3.27. The van der Waals surface area contributed by atoms with E-state index in [2.05, 4.69) is 5.16 Å². The molecule has 2 heterocycles. The quantitative estimate of drug-likeness (QED) is 0.739. The number of aryl methyl sites for hydroxylation is 1. The highest BCUT2D eigenvalue weighted by Gasteiger charge is 2.15. The first-order valence-electron chi connectivity index (χ1n) is 7.48. The number of rotatable bonds is 4. The van der Waals surface area contributed by atoms with Crippen molar-refractivity contribution >= 4 is 5.91 Å². The van der Waals surface area contributed by atoms with Gasteiger partial charge in [0.1, 0.15) is 5.69 Å². The van der Waals surface area contributed by atoms with Crippen LogP contribution in [-0.2, 0) is 13.6 Å². The van der Waals surface area contributed by atoms with E-state index in [4.69, 9.17) is 4.52 Å². The van der Waals surface area contributed by atoms with Crippen LogP contribution in [0.5, 0.6) is 0 Å². The van der Waals surface area contributed by atoms with Crippen molar-refractivity contribution in [2.75, 3.05) is 7.05 Å². The third-order valence-corrected chi connectivity index (χ3v) is 3.70. The second-order valence-electron chi connectivity index (χ2n) is 5.58. The lowest BCUT2D eigenvalue weighted by molar-refractivity contribution is 0.0781. The molecule has 3 rings (SSSR count). The fourth-order valence-corrected chi connectivity index (χ4v) is 2.38. The molecule has 0 bridgehead atoms. The minimum absolute atomic E-state index is 0.154. The summed E-state index contributed by atoms with van der Waals surface area (Å²) in [6, 6.07) is 14.4. The summed E-state index contributed by atoms with van der Waals surface area (Å²) in [5.74, 6) is 0.475. The Morgan fingerprint density at radius 2 is 1.96 bits per heavy atom. The Morgan fingerprint density at radius 1 is 1.21 bits per heavy atom. The molecular formula is C18H17N3O3. The van der Waals surface area contributed by atoms with Gasteiger partial charge in [0.25, 0.3) is 5.91 Å². The Balaban J connectivity index is 1.74. The van der Waals surface area contributed by atoms with Crippen molar-refractivity contribution in [3.63, 3.8) is 0 Å². The van der Waals surface area contributed by atoms with Gasteiger partial charge in [-0.3, -0.25) is 9.59 Å². The number of hydrogen-bond donors (Lipinski definition) is 0. The molecule has 0 radical (unpaired) electrons. The maximum atomic E-state index is 12.4. The molecule has 0 fully saturated rings. The number of nitrogens with zero attached hydrogens (tertiary/aromatic N) is 3. The highest BCUT2D eigenvalue weighted by atomic mass is 16.5. The molecule has 0 saturated carbocycles. The van der Waals surface area contributed by atoms with Crippen molar-refractivity contribution in [1.29, 1.82) is 0 Å². The van der Waals surface area contributed by atoms with Crippen LogP contribution < -0.4 is 5.56 Å². The van der Waals surface area contributed by atoms with Crippen molar-refractivity contribution in [3.8, 4) is 11.3 Å². The van der Waals surface area contributed by atoms with Crippen LogP contribution in [-0.4, -0.2) is 27.6 Å². The summed E-state index contributed by atoms with van der Waals surface area (Å²) < 4.78 is 6.72. The van der Waals surface area contributed by atoms with Crippen molar-refractivity contribution in [3.05, 3.63) is 76.3 Å². The Hall–Kier alpha value is -3.15. The lowest BCUT2D eigenvalue weighted by Gasteiger charge is -2.15. The SMILES string of the molecule is CN(Cc1cc(-c2ccccc2)on1)C(=O)c1ccc(=O)n(C)c1. The average Bonchev–Trinajstić information content (AvgIpc) is 3.06. The lowest BCUT2D eigenvalue weighted by Crippen LogP contribution is -2.28. The molecule has 0 N–H and O–H groups in total. The third-order valence-electron chi connectivity index (χ3n) is 3.70. The maximum Gasteiger partial charge on any atom is 0.255 e. The summed E-state index contributed by atoms with van der Waals surface area (Å²) in [7, 11) is 3.30. The van der Waals surface area contributed by atoms with Gasteiger partial charge in [-0.2, -0.15) is 0 Å². The van der Waals surface area contributed by atoms with Gasteiger partial charge in [-0.1, -0.05) is 35.5 Å². The molecule has 122 valence electrons. The second kappa shape index (κ2) is 6.54. The van der Waals surface area contributed by atoms with E-state index in [-0.39, 0.29) is 11.5 Å². The minimum Gasteiger partial charge on any atom is -0.356 e. The fraction of sp³-hybridized carbons (Fsp3) is 0.167. The molecule has 0 saturated heterocycles. The van der Waals surface area contributed by atoms with Crippen LogP contribution in [0.3, 0.4) is 0 Å². The topological polar surface area (TPSA) is 68.3 Å². The van der Waals surface area contributed by atoms with Gasteiger partial charge in [0.2, 0.25) is 5.56 Å². The van der Waals surface area contributed by atoms with E-state index < -0.39 is 0 Å². The van der Waals surface area contributed by atoms with Crippen molar-refractivity contribution < 1.29 is 9.32 Å². The Morgan fingerprint density at radius 3 is 2.67 bits per heavy atom. The summed E-state index contributed by atoms with van der Waals surface area (Å²) >= 11 is 0. The van der Waals surface area contributed by atoms with E-state index in [1.165, 1.54) is 27.8 Å². The number of pyridine rings is 1. The van der Waals surface area contributed by atoms with Gasteiger partial charge in [-0.05, 0) is 6.07 Å². The molecule has 0 aliphatic carbocycles. The van der Waals surface area contributed by atoms with Crippen LogP contribution in [0.4, 0.5) is 0 Å². The molecule has 6 heteroatoms. The summed E-state index contributed by atoms with van der Waals surface area (Å²) in [4.78, 5) is 25.4. The fourth-order valence-electron chi connectivity index (χ4n) is 2.38. The zero-order chi connectivity index (χ0) is 17.1. The predicted octanol–water partition coefficient (Wildman–Crippen LogP) is 2.31. The minimum atomic E-state index is -0.185. The van der Waals surface area contributed by atoms with Crippen LogP contribution in [0.2, 0.25) is 0 Å². The average molecular weight is 323 g/mol. The van der Waals surface area contributed by atoms with Gasteiger partial charge in [-0.15, -0.1) is 0 Å².